The number of carbonyl (C=O) groups excluding carboxylic acids is 1. The normalized spacial score (nSPS) is 10.8. The molecular formula is C20H31IN6OS. The van der Waals surface area contributed by atoms with Crippen LogP contribution in [0.1, 0.15) is 28.7 Å². The van der Waals surface area contributed by atoms with Crippen LogP contribution in [0.5, 0.6) is 0 Å². The van der Waals surface area contributed by atoms with Crippen LogP contribution in [0.15, 0.2) is 40.8 Å². The van der Waals surface area contributed by atoms with Crippen molar-refractivity contribution in [3.05, 3.63) is 46.4 Å². The molecule has 0 aliphatic heterocycles. The van der Waals surface area contributed by atoms with Gasteiger partial charge in [-0.15, -0.1) is 35.3 Å². The smallest absolute Gasteiger partial charge is 0.263 e. The highest BCUT2D eigenvalue weighted by atomic mass is 127. The van der Waals surface area contributed by atoms with Gasteiger partial charge in [-0.2, -0.15) is 0 Å². The Bertz CT molecular complexity index is 752. The topological polar surface area (TPSA) is 81.6 Å². The molecule has 2 aromatic rings. The van der Waals surface area contributed by atoms with Crippen molar-refractivity contribution in [2.45, 2.75) is 20.3 Å². The molecule has 0 aliphatic carbocycles. The van der Waals surface area contributed by atoms with Gasteiger partial charge < -0.3 is 20.9 Å². The molecule has 2 rings (SSSR count). The van der Waals surface area contributed by atoms with Gasteiger partial charge >= 0.3 is 0 Å². The number of amides is 1. The lowest BCUT2D eigenvalue weighted by Crippen LogP contribution is -2.42. The maximum atomic E-state index is 12.0. The number of nitrogens with zero attached hydrogens (tertiary/aromatic N) is 3. The average Bonchev–Trinajstić information content (AvgIpc) is 3.16. The number of thiazole rings is 1. The lowest BCUT2D eigenvalue weighted by atomic mass is 10.2. The molecule has 0 bridgehead atoms. The number of nitrogens with one attached hydrogen (secondary N) is 3. The van der Waals surface area contributed by atoms with E-state index in [2.05, 4.69) is 62.0 Å². The number of benzene rings is 1. The van der Waals surface area contributed by atoms with E-state index in [1.54, 1.807) is 12.6 Å². The SMILES string of the molecule is CCN(CCCNC(=NC)NCCNC(=O)c1scnc1C)c1ccccc1.I. The Morgan fingerprint density at radius 3 is 2.45 bits per heavy atom. The molecule has 1 aromatic heterocycles. The lowest BCUT2D eigenvalue weighted by Gasteiger charge is -2.23. The van der Waals surface area contributed by atoms with E-state index in [1.807, 2.05) is 13.0 Å². The number of rotatable bonds is 10. The van der Waals surface area contributed by atoms with Gasteiger partial charge in [0.2, 0.25) is 0 Å². The molecule has 0 fully saturated rings. The van der Waals surface area contributed by atoms with Crippen LogP contribution in [-0.4, -0.2) is 56.6 Å². The van der Waals surface area contributed by atoms with Gasteiger partial charge in [0.15, 0.2) is 5.96 Å². The van der Waals surface area contributed by atoms with Gasteiger partial charge in [0.1, 0.15) is 4.88 Å². The fraction of sp³-hybridized carbons (Fsp3) is 0.450. The van der Waals surface area contributed by atoms with E-state index >= 15 is 0 Å². The van der Waals surface area contributed by atoms with Crippen LogP contribution in [-0.2, 0) is 0 Å². The van der Waals surface area contributed by atoms with E-state index in [0.717, 1.165) is 37.7 Å². The number of anilines is 1. The number of aliphatic imine (C=N–C) groups is 1. The van der Waals surface area contributed by atoms with Crippen LogP contribution in [0.2, 0.25) is 0 Å². The fourth-order valence-electron chi connectivity index (χ4n) is 2.76. The summed E-state index contributed by atoms with van der Waals surface area (Å²) in [6, 6.07) is 10.4. The molecule has 0 radical (unpaired) electrons. The number of carbonyl (C=O) groups is 1. The van der Waals surface area contributed by atoms with Crippen molar-refractivity contribution >= 4 is 52.9 Å². The summed E-state index contributed by atoms with van der Waals surface area (Å²) in [7, 11) is 1.75. The Morgan fingerprint density at radius 1 is 1.14 bits per heavy atom. The molecule has 160 valence electrons. The van der Waals surface area contributed by atoms with Gasteiger partial charge in [0, 0.05) is 45.5 Å². The number of guanidine groups is 1. The molecule has 0 saturated carbocycles. The minimum Gasteiger partial charge on any atom is -0.372 e. The highest BCUT2D eigenvalue weighted by molar-refractivity contribution is 14.0. The third kappa shape index (κ3) is 8.57. The molecule has 1 aromatic carbocycles. The van der Waals surface area contributed by atoms with Crippen molar-refractivity contribution in [2.24, 2.45) is 4.99 Å². The summed E-state index contributed by atoms with van der Waals surface area (Å²) in [5.74, 6) is 0.663. The number of hydrogen-bond donors (Lipinski definition) is 3. The monoisotopic (exact) mass is 530 g/mol. The van der Waals surface area contributed by atoms with Crippen LogP contribution in [0.3, 0.4) is 0 Å². The second kappa shape index (κ2) is 14.2. The summed E-state index contributed by atoms with van der Waals surface area (Å²) in [5.41, 5.74) is 3.70. The van der Waals surface area contributed by atoms with Crippen LogP contribution in [0, 0.1) is 6.92 Å². The first-order valence-corrected chi connectivity index (χ1v) is 10.5. The third-order valence-corrected chi connectivity index (χ3v) is 5.21. The van der Waals surface area contributed by atoms with Crippen molar-refractivity contribution in [1.82, 2.24) is 20.9 Å². The number of aryl methyl sites for hydroxylation is 1. The Kier molecular flexibility index (Phi) is 12.3. The van der Waals surface area contributed by atoms with Gasteiger partial charge in [0.25, 0.3) is 5.91 Å². The van der Waals surface area contributed by atoms with Crippen molar-refractivity contribution < 1.29 is 4.79 Å². The predicted octanol–water partition coefficient (Wildman–Crippen LogP) is 2.88. The largest absolute Gasteiger partial charge is 0.372 e. The summed E-state index contributed by atoms with van der Waals surface area (Å²) in [6.07, 6.45) is 1.00. The van der Waals surface area contributed by atoms with Gasteiger partial charge in [-0.05, 0) is 32.4 Å². The molecule has 29 heavy (non-hydrogen) atoms. The van der Waals surface area contributed by atoms with Gasteiger partial charge in [-0.3, -0.25) is 9.79 Å². The summed E-state index contributed by atoms with van der Waals surface area (Å²) in [4.78, 5) is 23.4. The maximum Gasteiger partial charge on any atom is 0.263 e. The second-order valence-electron chi connectivity index (χ2n) is 6.22. The standard InChI is InChI=1S/C20H30N6OS.HI/c1-4-26(17-9-6-5-7-10-17)14-8-11-23-20(21-3)24-13-12-22-19(27)18-16(2)25-15-28-18;/h5-7,9-10,15H,4,8,11-14H2,1-3H3,(H,22,27)(H2,21,23,24);1H. The zero-order valence-corrected chi connectivity index (χ0v) is 20.4. The van der Waals surface area contributed by atoms with Crippen molar-refractivity contribution in [1.29, 1.82) is 0 Å². The molecule has 0 spiro atoms. The van der Waals surface area contributed by atoms with Gasteiger partial charge in [-0.1, -0.05) is 18.2 Å². The first-order chi connectivity index (χ1) is 13.7. The van der Waals surface area contributed by atoms with Gasteiger partial charge in [0.05, 0.1) is 11.2 Å². The van der Waals surface area contributed by atoms with Crippen LogP contribution in [0.25, 0.3) is 0 Å². The predicted molar refractivity (Wildman–Crippen MR) is 133 cm³/mol. The first-order valence-electron chi connectivity index (χ1n) is 9.58. The number of aromatic nitrogens is 1. The van der Waals surface area contributed by atoms with E-state index in [-0.39, 0.29) is 29.9 Å². The molecular weight excluding hydrogens is 499 g/mol. The van der Waals surface area contributed by atoms with E-state index in [0.29, 0.717) is 18.0 Å². The Morgan fingerprint density at radius 2 is 1.83 bits per heavy atom. The Labute approximate surface area is 194 Å². The quantitative estimate of drug-likeness (QED) is 0.191. The molecule has 3 N–H and O–H groups in total. The molecule has 0 atom stereocenters. The van der Waals surface area contributed by atoms with Crippen molar-refractivity contribution in [3.8, 4) is 0 Å². The summed E-state index contributed by atoms with van der Waals surface area (Å²) in [5, 5.41) is 9.43. The fourth-order valence-corrected chi connectivity index (χ4v) is 3.48. The van der Waals surface area contributed by atoms with Crippen LogP contribution < -0.4 is 20.9 Å². The molecule has 1 amide bonds. The van der Waals surface area contributed by atoms with Crippen LogP contribution in [0.4, 0.5) is 5.69 Å². The molecule has 0 aliphatic rings. The number of hydrogen-bond acceptors (Lipinski definition) is 5. The van der Waals surface area contributed by atoms with Gasteiger partial charge in [-0.25, -0.2) is 4.98 Å². The minimum absolute atomic E-state index is 0. The molecule has 7 nitrogen and oxygen atoms in total. The average molecular weight is 530 g/mol. The zero-order chi connectivity index (χ0) is 20.2. The van der Waals surface area contributed by atoms with E-state index < -0.39 is 0 Å². The molecule has 0 saturated heterocycles. The number of para-hydroxylation sites is 1. The first kappa shape index (κ1) is 25.2. The van der Waals surface area contributed by atoms with E-state index in [4.69, 9.17) is 0 Å². The summed E-state index contributed by atoms with van der Waals surface area (Å²) >= 11 is 1.36. The Balaban J connectivity index is 0.00000420. The second-order valence-corrected chi connectivity index (χ2v) is 7.07. The Hall–Kier alpha value is -1.88. The zero-order valence-electron chi connectivity index (χ0n) is 17.3. The molecule has 0 unspecified atom stereocenters. The molecule has 9 heteroatoms. The van der Waals surface area contributed by atoms with E-state index in [9.17, 15) is 4.79 Å². The van der Waals surface area contributed by atoms with Crippen molar-refractivity contribution in [2.75, 3.05) is 44.7 Å². The van der Waals surface area contributed by atoms with Crippen molar-refractivity contribution in [3.63, 3.8) is 0 Å². The summed E-state index contributed by atoms with van der Waals surface area (Å²) in [6.45, 7) is 7.93. The maximum absolute atomic E-state index is 12.0. The minimum atomic E-state index is -0.0784. The lowest BCUT2D eigenvalue weighted by molar-refractivity contribution is 0.0957. The number of halogens is 1. The highest BCUT2D eigenvalue weighted by Crippen LogP contribution is 2.13. The highest BCUT2D eigenvalue weighted by Gasteiger charge is 2.10. The van der Waals surface area contributed by atoms with E-state index in [1.165, 1.54) is 17.0 Å². The van der Waals surface area contributed by atoms with Crippen LogP contribution >= 0.6 is 35.3 Å². The molecule has 1 heterocycles. The summed E-state index contributed by atoms with van der Waals surface area (Å²) < 4.78 is 0. The third-order valence-electron chi connectivity index (χ3n) is 4.28.